The molecule has 4 heteroatoms. The Morgan fingerprint density at radius 3 is 2.44 bits per heavy atom. The SMILES string of the molecule is CC(C)(C)OC(=O)N1CCCC(C(C)(C)C#N)C1. The number of likely N-dealkylation sites (tertiary alicyclic amines) is 1. The molecule has 1 aliphatic heterocycles. The van der Waals surface area contributed by atoms with Gasteiger partial charge in [-0.1, -0.05) is 0 Å². The van der Waals surface area contributed by atoms with Crippen LogP contribution in [0.25, 0.3) is 0 Å². The molecule has 0 aromatic heterocycles. The molecule has 1 rings (SSSR count). The van der Waals surface area contributed by atoms with E-state index < -0.39 is 5.60 Å². The summed E-state index contributed by atoms with van der Waals surface area (Å²) in [6, 6.07) is 2.34. The molecule has 0 bridgehead atoms. The van der Waals surface area contributed by atoms with Gasteiger partial charge in [0.25, 0.3) is 0 Å². The van der Waals surface area contributed by atoms with Crippen LogP contribution >= 0.6 is 0 Å². The lowest BCUT2D eigenvalue weighted by molar-refractivity contribution is 0.0111. The van der Waals surface area contributed by atoms with Gasteiger partial charge >= 0.3 is 6.09 Å². The summed E-state index contributed by atoms with van der Waals surface area (Å²) in [5.74, 6) is 0.226. The highest BCUT2D eigenvalue weighted by atomic mass is 16.6. The van der Waals surface area contributed by atoms with E-state index in [-0.39, 0.29) is 17.4 Å². The van der Waals surface area contributed by atoms with Crippen LogP contribution in [0.2, 0.25) is 0 Å². The summed E-state index contributed by atoms with van der Waals surface area (Å²) in [5.41, 5.74) is -0.852. The zero-order valence-electron chi connectivity index (χ0n) is 12.1. The van der Waals surface area contributed by atoms with Gasteiger partial charge in [0.2, 0.25) is 0 Å². The van der Waals surface area contributed by atoms with Crippen molar-refractivity contribution in [1.82, 2.24) is 4.90 Å². The topological polar surface area (TPSA) is 53.3 Å². The van der Waals surface area contributed by atoms with E-state index in [1.165, 1.54) is 0 Å². The third kappa shape index (κ3) is 3.90. The zero-order chi connectivity index (χ0) is 14.0. The number of amides is 1. The third-order valence-electron chi connectivity index (χ3n) is 3.38. The highest BCUT2D eigenvalue weighted by Crippen LogP contribution is 2.33. The number of carbonyl (C=O) groups is 1. The van der Waals surface area contributed by atoms with Crippen molar-refractivity contribution in [2.24, 2.45) is 11.3 Å². The van der Waals surface area contributed by atoms with Gasteiger partial charge in [-0.15, -0.1) is 0 Å². The van der Waals surface area contributed by atoms with Crippen LogP contribution in [-0.2, 0) is 4.74 Å². The van der Waals surface area contributed by atoms with Gasteiger partial charge in [-0.25, -0.2) is 4.79 Å². The van der Waals surface area contributed by atoms with E-state index in [9.17, 15) is 10.1 Å². The molecule has 0 spiro atoms. The number of rotatable bonds is 1. The Morgan fingerprint density at radius 1 is 1.33 bits per heavy atom. The molecule has 4 nitrogen and oxygen atoms in total. The van der Waals surface area contributed by atoms with Crippen LogP contribution < -0.4 is 0 Å². The predicted octanol–water partition coefficient (Wildman–Crippen LogP) is 3.18. The fourth-order valence-corrected chi connectivity index (χ4v) is 2.15. The second kappa shape index (κ2) is 5.17. The highest BCUT2D eigenvalue weighted by Gasteiger charge is 2.35. The van der Waals surface area contributed by atoms with Gasteiger partial charge in [0.15, 0.2) is 0 Å². The number of piperidine rings is 1. The zero-order valence-corrected chi connectivity index (χ0v) is 12.1. The molecule has 1 amide bonds. The largest absolute Gasteiger partial charge is 0.444 e. The van der Waals surface area contributed by atoms with Crippen LogP contribution in [0.4, 0.5) is 4.79 Å². The number of nitriles is 1. The molecule has 1 heterocycles. The average molecular weight is 252 g/mol. The van der Waals surface area contributed by atoms with E-state index in [0.29, 0.717) is 6.54 Å². The second-order valence-electron chi connectivity index (χ2n) is 6.60. The molecule has 0 saturated carbocycles. The molecule has 0 aliphatic carbocycles. The molecule has 1 unspecified atom stereocenters. The Hall–Kier alpha value is -1.24. The van der Waals surface area contributed by atoms with Crippen molar-refractivity contribution in [2.45, 2.75) is 53.1 Å². The Kier molecular flexibility index (Phi) is 4.26. The fraction of sp³-hybridized carbons (Fsp3) is 0.857. The number of carbonyl (C=O) groups excluding carboxylic acids is 1. The smallest absolute Gasteiger partial charge is 0.410 e. The van der Waals surface area contributed by atoms with Crippen LogP contribution in [0.3, 0.4) is 0 Å². The molecule has 102 valence electrons. The quantitative estimate of drug-likeness (QED) is 0.720. The summed E-state index contributed by atoms with van der Waals surface area (Å²) in [6.07, 6.45) is 1.68. The minimum absolute atomic E-state index is 0.226. The maximum absolute atomic E-state index is 12.0. The first kappa shape index (κ1) is 14.8. The minimum atomic E-state index is -0.464. The minimum Gasteiger partial charge on any atom is -0.444 e. The lowest BCUT2D eigenvalue weighted by Gasteiger charge is -2.38. The number of hydrogen-bond acceptors (Lipinski definition) is 3. The van der Waals surface area contributed by atoms with Crippen molar-refractivity contribution < 1.29 is 9.53 Å². The molecule has 1 atom stereocenters. The number of ether oxygens (including phenoxy) is 1. The average Bonchev–Trinajstić information content (AvgIpc) is 2.27. The van der Waals surface area contributed by atoms with Crippen LogP contribution in [-0.4, -0.2) is 29.7 Å². The molecule has 1 fully saturated rings. The first-order valence-corrected chi connectivity index (χ1v) is 6.55. The van der Waals surface area contributed by atoms with Crippen molar-refractivity contribution in [2.75, 3.05) is 13.1 Å². The van der Waals surface area contributed by atoms with E-state index in [2.05, 4.69) is 6.07 Å². The van der Waals surface area contributed by atoms with Gasteiger partial charge in [0, 0.05) is 13.1 Å². The molecule has 1 saturated heterocycles. The number of hydrogen-bond donors (Lipinski definition) is 0. The Labute approximate surface area is 110 Å². The predicted molar refractivity (Wildman–Crippen MR) is 69.9 cm³/mol. The monoisotopic (exact) mass is 252 g/mol. The van der Waals surface area contributed by atoms with E-state index in [4.69, 9.17) is 4.74 Å². The van der Waals surface area contributed by atoms with Gasteiger partial charge in [0.1, 0.15) is 5.60 Å². The molecular weight excluding hydrogens is 228 g/mol. The maximum Gasteiger partial charge on any atom is 0.410 e. The summed E-state index contributed by atoms with van der Waals surface area (Å²) in [7, 11) is 0. The van der Waals surface area contributed by atoms with Gasteiger partial charge < -0.3 is 9.64 Å². The van der Waals surface area contributed by atoms with Crippen molar-refractivity contribution in [3.8, 4) is 6.07 Å². The first-order valence-electron chi connectivity index (χ1n) is 6.55. The van der Waals surface area contributed by atoms with E-state index >= 15 is 0 Å². The van der Waals surface area contributed by atoms with Crippen molar-refractivity contribution in [3.05, 3.63) is 0 Å². The van der Waals surface area contributed by atoms with Gasteiger partial charge in [-0.3, -0.25) is 0 Å². The van der Waals surface area contributed by atoms with Crippen molar-refractivity contribution >= 4 is 6.09 Å². The Balaban J connectivity index is 2.65. The van der Waals surface area contributed by atoms with Gasteiger partial charge in [-0.2, -0.15) is 5.26 Å². The fourth-order valence-electron chi connectivity index (χ4n) is 2.15. The Bertz CT molecular complexity index is 350. The number of nitrogens with zero attached hydrogens (tertiary/aromatic N) is 2. The third-order valence-corrected chi connectivity index (χ3v) is 3.38. The van der Waals surface area contributed by atoms with Crippen LogP contribution in [0.15, 0.2) is 0 Å². The summed E-state index contributed by atoms with van der Waals surface area (Å²) in [4.78, 5) is 13.7. The molecule has 0 radical (unpaired) electrons. The van der Waals surface area contributed by atoms with Crippen LogP contribution in [0, 0.1) is 22.7 Å². The van der Waals surface area contributed by atoms with Crippen LogP contribution in [0.1, 0.15) is 47.5 Å². The summed E-state index contributed by atoms with van der Waals surface area (Å²) < 4.78 is 5.38. The van der Waals surface area contributed by atoms with E-state index in [0.717, 1.165) is 19.4 Å². The van der Waals surface area contributed by atoms with Crippen molar-refractivity contribution in [3.63, 3.8) is 0 Å². The van der Waals surface area contributed by atoms with Gasteiger partial charge in [-0.05, 0) is 53.4 Å². The standard InChI is InChI=1S/C14H24N2O2/c1-13(2,3)18-12(17)16-8-6-7-11(9-16)14(4,5)10-15/h11H,6-9H2,1-5H3. The summed E-state index contributed by atoms with van der Waals surface area (Å²) >= 11 is 0. The lowest BCUT2D eigenvalue weighted by Crippen LogP contribution is -2.46. The Morgan fingerprint density at radius 2 is 1.94 bits per heavy atom. The lowest BCUT2D eigenvalue weighted by atomic mass is 9.76. The molecule has 0 aromatic carbocycles. The summed E-state index contributed by atoms with van der Waals surface area (Å²) in [5, 5.41) is 9.17. The molecule has 18 heavy (non-hydrogen) atoms. The molecule has 0 aromatic rings. The first-order chi connectivity index (χ1) is 8.15. The van der Waals surface area contributed by atoms with E-state index in [1.807, 2.05) is 34.6 Å². The second-order valence-corrected chi connectivity index (χ2v) is 6.60. The van der Waals surface area contributed by atoms with E-state index in [1.54, 1.807) is 4.90 Å². The molecule has 0 N–H and O–H groups in total. The maximum atomic E-state index is 12.0. The van der Waals surface area contributed by atoms with Gasteiger partial charge in [0.05, 0.1) is 11.5 Å². The van der Waals surface area contributed by atoms with Crippen molar-refractivity contribution in [1.29, 1.82) is 5.26 Å². The molecular formula is C14H24N2O2. The molecule has 1 aliphatic rings. The summed E-state index contributed by atoms with van der Waals surface area (Å²) in [6.45, 7) is 10.8. The highest BCUT2D eigenvalue weighted by molar-refractivity contribution is 5.68. The normalized spacial score (nSPS) is 21.3. The van der Waals surface area contributed by atoms with Crippen LogP contribution in [0.5, 0.6) is 0 Å².